The van der Waals surface area contributed by atoms with Crippen LogP contribution in [0.3, 0.4) is 0 Å². The predicted octanol–water partition coefficient (Wildman–Crippen LogP) is 6.80. The minimum absolute atomic E-state index is 1.16. The second-order valence-electron chi connectivity index (χ2n) is 7.71. The second kappa shape index (κ2) is 7.66. The molecule has 0 aromatic heterocycles. The first-order valence-corrected chi connectivity index (χ1v) is 9.63. The zero-order chi connectivity index (χ0) is 13.6. The van der Waals surface area contributed by atoms with Gasteiger partial charge in [0.05, 0.1) is 0 Å². The topological polar surface area (TPSA) is 0 Å². The Bertz CT molecular complexity index is 297. The summed E-state index contributed by atoms with van der Waals surface area (Å²) in [7, 11) is 0. The van der Waals surface area contributed by atoms with Gasteiger partial charge in [-0.05, 0) is 56.8 Å². The first kappa shape index (κ1) is 14.7. The first-order valence-electron chi connectivity index (χ1n) is 9.63. The van der Waals surface area contributed by atoms with Crippen molar-refractivity contribution in [1.29, 1.82) is 0 Å². The smallest absolute Gasteiger partial charge is 0.0315 e. The fourth-order valence-electron chi connectivity index (χ4n) is 5.19. The molecule has 4 rings (SSSR count). The van der Waals surface area contributed by atoms with E-state index in [2.05, 4.69) is 0 Å². The van der Waals surface area contributed by atoms with Crippen LogP contribution in [0.4, 0.5) is 0 Å². The number of hydrogen-bond donors (Lipinski definition) is 0. The van der Waals surface area contributed by atoms with Gasteiger partial charge in [0.1, 0.15) is 0 Å². The van der Waals surface area contributed by atoms with E-state index < -0.39 is 0 Å². The van der Waals surface area contributed by atoms with E-state index in [-0.39, 0.29) is 0 Å². The first-order chi connectivity index (χ1) is 9.93. The zero-order valence-corrected chi connectivity index (χ0v) is 13.5. The van der Waals surface area contributed by atoms with Gasteiger partial charge in [0.2, 0.25) is 0 Å². The van der Waals surface area contributed by atoms with Gasteiger partial charge in [-0.15, -0.1) is 0 Å². The van der Waals surface area contributed by atoms with Gasteiger partial charge < -0.3 is 0 Å². The molecule has 0 N–H and O–H groups in total. The van der Waals surface area contributed by atoms with Crippen LogP contribution in [0.1, 0.15) is 103 Å². The van der Waals surface area contributed by atoms with Gasteiger partial charge in [-0.2, -0.15) is 0 Å². The molecule has 4 aliphatic carbocycles. The second-order valence-corrected chi connectivity index (χ2v) is 7.71. The third-order valence-electron chi connectivity index (χ3n) is 6.38. The van der Waals surface area contributed by atoms with E-state index in [4.69, 9.17) is 0 Å². The lowest BCUT2D eigenvalue weighted by Gasteiger charge is -2.14. The molecule has 0 bridgehead atoms. The lowest BCUT2D eigenvalue weighted by molar-refractivity contribution is 0.367. The minimum Gasteiger partial charge on any atom is -0.0710 e. The Balaban J connectivity index is 0.000000121. The van der Waals surface area contributed by atoms with E-state index in [0.717, 1.165) is 11.8 Å². The summed E-state index contributed by atoms with van der Waals surface area (Å²) in [6, 6.07) is 0. The number of hydrogen-bond acceptors (Lipinski definition) is 0. The minimum atomic E-state index is 1.16. The lowest BCUT2D eigenvalue weighted by Crippen LogP contribution is -2.04. The van der Waals surface area contributed by atoms with Gasteiger partial charge in [0.15, 0.2) is 0 Å². The zero-order valence-electron chi connectivity index (χ0n) is 13.5. The van der Waals surface area contributed by atoms with Crippen molar-refractivity contribution < 1.29 is 0 Å². The Labute approximate surface area is 126 Å². The molecule has 0 spiro atoms. The van der Waals surface area contributed by atoms with Crippen molar-refractivity contribution in [3.05, 3.63) is 11.1 Å². The largest absolute Gasteiger partial charge is 0.0710 e. The lowest BCUT2D eigenvalue weighted by atomic mass is 9.92. The predicted molar refractivity (Wildman–Crippen MR) is 87.9 cm³/mol. The van der Waals surface area contributed by atoms with Crippen LogP contribution in [0.15, 0.2) is 11.1 Å². The summed E-state index contributed by atoms with van der Waals surface area (Å²) in [5.74, 6) is 2.31. The molecule has 0 heterocycles. The van der Waals surface area contributed by atoms with Crippen LogP contribution in [-0.4, -0.2) is 0 Å². The maximum Gasteiger partial charge on any atom is -0.0315 e. The maximum absolute atomic E-state index is 1.84. The van der Waals surface area contributed by atoms with Crippen LogP contribution in [0.5, 0.6) is 0 Å². The molecule has 0 aromatic carbocycles. The van der Waals surface area contributed by atoms with E-state index >= 15 is 0 Å². The molecule has 2 saturated carbocycles. The van der Waals surface area contributed by atoms with E-state index in [9.17, 15) is 0 Å². The van der Waals surface area contributed by atoms with Gasteiger partial charge in [-0.3, -0.25) is 0 Å². The summed E-state index contributed by atoms with van der Waals surface area (Å²) in [5, 5.41) is 0. The van der Waals surface area contributed by atoms with Gasteiger partial charge in [0, 0.05) is 0 Å². The molecule has 2 atom stereocenters. The van der Waals surface area contributed by atoms with E-state index in [1.165, 1.54) is 77.0 Å². The van der Waals surface area contributed by atoms with E-state index in [1.807, 2.05) is 11.1 Å². The average molecular weight is 274 g/mol. The van der Waals surface area contributed by atoms with Gasteiger partial charge >= 0.3 is 0 Å². The van der Waals surface area contributed by atoms with E-state index in [1.54, 1.807) is 25.7 Å². The Morgan fingerprint density at radius 1 is 0.400 bits per heavy atom. The van der Waals surface area contributed by atoms with Crippen LogP contribution in [0.2, 0.25) is 0 Å². The summed E-state index contributed by atoms with van der Waals surface area (Å²) in [6.45, 7) is 0. The third-order valence-corrected chi connectivity index (χ3v) is 6.38. The summed E-state index contributed by atoms with van der Waals surface area (Å²) < 4.78 is 0. The fourth-order valence-corrected chi connectivity index (χ4v) is 5.19. The van der Waals surface area contributed by atoms with Crippen LogP contribution in [-0.2, 0) is 0 Å². The Kier molecular flexibility index (Phi) is 5.62. The van der Waals surface area contributed by atoms with Gasteiger partial charge in [0.25, 0.3) is 0 Å². The molecule has 0 amide bonds. The molecule has 0 heteroatoms. The number of allylic oxidation sites excluding steroid dienone is 2. The molecular weight excluding hydrogens is 240 g/mol. The standard InChI is InChI=1S/C10H18.C10H16/c2*1-2-5-9-7-4-8-10(9)6-3-1/h9-10H,1-8H2;1-8H2. The van der Waals surface area contributed by atoms with Crippen molar-refractivity contribution in [2.45, 2.75) is 103 Å². The maximum atomic E-state index is 1.84. The highest BCUT2D eigenvalue weighted by atomic mass is 14.3. The van der Waals surface area contributed by atoms with Crippen molar-refractivity contribution in [3.8, 4) is 0 Å². The Hall–Kier alpha value is -0.260. The molecule has 0 saturated heterocycles. The highest BCUT2D eigenvalue weighted by Gasteiger charge is 2.27. The monoisotopic (exact) mass is 274 g/mol. The molecule has 0 nitrogen and oxygen atoms in total. The molecule has 0 radical (unpaired) electrons. The quantitative estimate of drug-likeness (QED) is 0.426. The van der Waals surface area contributed by atoms with Crippen molar-refractivity contribution in [1.82, 2.24) is 0 Å². The normalized spacial score (nSPS) is 33.6. The molecule has 20 heavy (non-hydrogen) atoms. The molecule has 114 valence electrons. The molecular formula is C20H34. The van der Waals surface area contributed by atoms with Crippen LogP contribution < -0.4 is 0 Å². The van der Waals surface area contributed by atoms with Gasteiger partial charge in [-0.25, -0.2) is 0 Å². The fraction of sp³-hybridized carbons (Fsp3) is 0.900. The summed E-state index contributed by atoms with van der Waals surface area (Å²) >= 11 is 0. The number of fused-ring (bicyclic) bond motifs is 1. The van der Waals surface area contributed by atoms with Crippen molar-refractivity contribution in [2.24, 2.45) is 11.8 Å². The van der Waals surface area contributed by atoms with Gasteiger partial charge in [-0.1, -0.05) is 68.9 Å². The van der Waals surface area contributed by atoms with E-state index in [0.29, 0.717) is 0 Å². The molecule has 4 aliphatic rings. The third kappa shape index (κ3) is 3.89. The summed E-state index contributed by atoms with van der Waals surface area (Å²) in [6.07, 6.45) is 24.0. The van der Waals surface area contributed by atoms with Crippen molar-refractivity contribution in [3.63, 3.8) is 0 Å². The molecule has 2 fully saturated rings. The highest BCUT2D eigenvalue weighted by molar-refractivity contribution is 5.20. The molecule has 2 unspecified atom stereocenters. The van der Waals surface area contributed by atoms with Crippen molar-refractivity contribution >= 4 is 0 Å². The van der Waals surface area contributed by atoms with Crippen LogP contribution in [0, 0.1) is 11.8 Å². The summed E-state index contributed by atoms with van der Waals surface area (Å²) in [4.78, 5) is 0. The van der Waals surface area contributed by atoms with Crippen molar-refractivity contribution in [2.75, 3.05) is 0 Å². The number of rotatable bonds is 0. The Morgan fingerprint density at radius 3 is 1.45 bits per heavy atom. The SMILES string of the molecule is C1CCC2=C(CC1)CCC2.C1CCC2CCCC2CC1. The van der Waals surface area contributed by atoms with Crippen LogP contribution in [0.25, 0.3) is 0 Å². The highest BCUT2D eigenvalue weighted by Crippen LogP contribution is 2.40. The summed E-state index contributed by atoms with van der Waals surface area (Å²) in [5.41, 5.74) is 3.69. The average Bonchev–Trinajstić information content (AvgIpc) is 2.98. The molecule has 0 aromatic rings. The van der Waals surface area contributed by atoms with Crippen LogP contribution >= 0.6 is 0 Å². The Morgan fingerprint density at radius 2 is 0.850 bits per heavy atom. The molecule has 0 aliphatic heterocycles.